The minimum atomic E-state index is -0.718. The highest BCUT2D eigenvalue weighted by Gasteiger charge is 2.52. The highest BCUT2D eigenvalue weighted by atomic mass is 19.1. The number of benzene rings is 3. The molecule has 0 bridgehead atoms. The fraction of sp³-hybridized carbons (Fsp3) is 0.200. The van der Waals surface area contributed by atoms with Gasteiger partial charge in [-0.2, -0.15) is 5.26 Å². The normalized spacial score (nSPS) is 20.3. The maximum absolute atomic E-state index is 13.2. The number of hydrogen-bond acceptors (Lipinski definition) is 3. The summed E-state index contributed by atoms with van der Waals surface area (Å²) in [5.41, 5.74) is 4.39. The van der Waals surface area contributed by atoms with Crippen molar-refractivity contribution in [2.75, 3.05) is 6.61 Å². The molecule has 0 aliphatic carbocycles. The highest BCUT2D eigenvalue weighted by Crippen LogP contribution is 2.45. The lowest BCUT2D eigenvalue weighted by molar-refractivity contribution is -0.00571. The van der Waals surface area contributed by atoms with Gasteiger partial charge in [-0.05, 0) is 53.4 Å². The van der Waals surface area contributed by atoms with Gasteiger partial charge < -0.3 is 10.0 Å². The lowest BCUT2D eigenvalue weighted by atomic mass is 9.73. The fourth-order valence-electron chi connectivity index (χ4n) is 4.31. The quantitative estimate of drug-likeness (QED) is 0.710. The van der Waals surface area contributed by atoms with E-state index < -0.39 is 17.9 Å². The molecule has 3 atom stereocenters. The molecule has 1 aliphatic heterocycles. The van der Waals surface area contributed by atoms with Crippen molar-refractivity contribution in [3.63, 3.8) is 0 Å². The summed E-state index contributed by atoms with van der Waals surface area (Å²) < 4.78 is 13.2. The number of nitriles is 1. The molecule has 1 saturated heterocycles. The predicted molar refractivity (Wildman–Crippen MR) is 112 cm³/mol. The van der Waals surface area contributed by atoms with E-state index in [1.54, 1.807) is 0 Å². The smallest absolute Gasteiger partial charge is 0.255 e. The Labute approximate surface area is 174 Å². The van der Waals surface area contributed by atoms with Crippen LogP contribution in [0.15, 0.2) is 72.8 Å². The first-order chi connectivity index (χ1) is 14.6. The number of rotatable bonds is 4. The predicted octanol–water partition coefficient (Wildman–Crippen LogP) is 4.29. The van der Waals surface area contributed by atoms with Gasteiger partial charge in [-0.1, -0.05) is 48.5 Å². The molecule has 0 saturated carbocycles. The zero-order chi connectivity index (χ0) is 21.3. The molecule has 1 fully saturated rings. The molecule has 1 heterocycles. The Bertz CT molecular complexity index is 1120. The second kappa shape index (κ2) is 8.10. The van der Waals surface area contributed by atoms with Crippen molar-refractivity contribution in [3.05, 3.63) is 95.3 Å². The molecule has 3 aromatic rings. The molecule has 4 nitrogen and oxygen atoms in total. The van der Waals surface area contributed by atoms with Crippen LogP contribution < -0.4 is 0 Å². The van der Waals surface area contributed by atoms with Crippen LogP contribution in [0.4, 0.5) is 4.39 Å². The van der Waals surface area contributed by atoms with E-state index in [2.05, 4.69) is 6.07 Å². The van der Waals surface area contributed by atoms with Gasteiger partial charge in [0.2, 0.25) is 0 Å². The van der Waals surface area contributed by atoms with Crippen LogP contribution in [0.5, 0.6) is 0 Å². The number of amides is 1. The monoisotopic (exact) mass is 400 g/mol. The molecule has 0 aromatic heterocycles. The first-order valence-corrected chi connectivity index (χ1v) is 9.80. The van der Waals surface area contributed by atoms with Crippen molar-refractivity contribution >= 4 is 5.91 Å². The van der Waals surface area contributed by atoms with E-state index in [9.17, 15) is 19.6 Å². The van der Waals surface area contributed by atoms with Crippen molar-refractivity contribution < 1.29 is 14.3 Å². The molecule has 1 N–H and O–H groups in total. The summed E-state index contributed by atoms with van der Waals surface area (Å²) in [6.45, 7) is 1.76. The van der Waals surface area contributed by atoms with Crippen molar-refractivity contribution in [2.45, 2.75) is 24.9 Å². The minimum absolute atomic E-state index is 0.266. The van der Waals surface area contributed by atoms with Crippen molar-refractivity contribution in [2.24, 2.45) is 0 Å². The Morgan fingerprint density at radius 3 is 2.30 bits per heavy atom. The van der Waals surface area contributed by atoms with E-state index in [1.165, 1.54) is 29.2 Å². The summed E-state index contributed by atoms with van der Waals surface area (Å²) in [5.74, 6) is -1.14. The van der Waals surface area contributed by atoms with E-state index >= 15 is 0 Å². The molecular weight excluding hydrogens is 379 g/mol. The number of aliphatic hydroxyl groups excluding tert-OH is 1. The average Bonchev–Trinajstić information content (AvgIpc) is 2.75. The number of hydrogen-bond donors (Lipinski definition) is 1. The van der Waals surface area contributed by atoms with Gasteiger partial charge in [0.25, 0.3) is 5.91 Å². The molecule has 1 aliphatic rings. The topological polar surface area (TPSA) is 64.3 Å². The summed E-state index contributed by atoms with van der Waals surface area (Å²) in [5, 5.41) is 20.0. The van der Waals surface area contributed by atoms with E-state index in [-0.39, 0.29) is 18.4 Å². The molecule has 1 amide bonds. The van der Waals surface area contributed by atoms with Gasteiger partial charge in [0.05, 0.1) is 18.7 Å². The van der Waals surface area contributed by atoms with E-state index in [0.29, 0.717) is 5.56 Å². The standard InChI is InChI=1S/C25H21FN2O2/c1-16-6-2-3-7-19(16)20-8-4-5-9-21(20)24-22(14-27)28(23(24)15-29)25(30)17-10-12-18(26)13-11-17/h2-13,22-24,29H,15H2,1H3/t22-,23+,24+/m1/s1. The van der Waals surface area contributed by atoms with Crippen molar-refractivity contribution in [1.29, 1.82) is 5.26 Å². The number of aliphatic hydroxyl groups is 1. The molecule has 5 heteroatoms. The van der Waals surface area contributed by atoms with Crippen LogP contribution >= 0.6 is 0 Å². The van der Waals surface area contributed by atoms with Gasteiger partial charge in [-0.25, -0.2) is 4.39 Å². The van der Waals surface area contributed by atoms with Crippen molar-refractivity contribution in [1.82, 2.24) is 4.90 Å². The first kappa shape index (κ1) is 19.8. The Balaban J connectivity index is 1.73. The van der Waals surface area contributed by atoms with Gasteiger partial charge in [0, 0.05) is 11.5 Å². The number of carbonyl (C=O) groups is 1. The Morgan fingerprint density at radius 1 is 1.03 bits per heavy atom. The molecule has 3 aromatic carbocycles. The number of halogens is 1. The Morgan fingerprint density at radius 2 is 1.67 bits per heavy atom. The molecule has 30 heavy (non-hydrogen) atoms. The van der Waals surface area contributed by atoms with Crippen LogP contribution in [-0.2, 0) is 0 Å². The summed E-state index contributed by atoms with van der Waals surface area (Å²) in [7, 11) is 0. The molecule has 0 unspecified atom stereocenters. The highest BCUT2D eigenvalue weighted by molar-refractivity contribution is 5.96. The summed E-state index contributed by atoms with van der Waals surface area (Å²) in [6.07, 6.45) is 0. The zero-order valence-corrected chi connectivity index (χ0v) is 16.5. The van der Waals surface area contributed by atoms with E-state index in [0.717, 1.165) is 22.3 Å². The van der Waals surface area contributed by atoms with Crippen molar-refractivity contribution in [3.8, 4) is 17.2 Å². The van der Waals surface area contributed by atoms with Gasteiger partial charge in [-0.15, -0.1) is 0 Å². The van der Waals surface area contributed by atoms with Crippen LogP contribution in [0.25, 0.3) is 11.1 Å². The SMILES string of the molecule is Cc1ccccc1-c1ccccc1[C@H]1[C@@H](C#N)N(C(=O)c2ccc(F)cc2)[C@H]1CO. The van der Waals surface area contributed by atoms with E-state index in [1.807, 2.05) is 55.5 Å². The maximum atomic E-state index is 13.2. The average molecular weight is 400 g/mol. The summed E-state index contributed by atoms with van der Waals surface area (Å²) in [4.78, 5) is 14.4. The van der Waals surface area contributed by atoms with Crippen LogP contribution in [0, 0.1) is 24.1 Å². The second-order valence-electron chi connectivity index (χ2n) is 7.47. The third kappa shape index (κ3) is 3.26. The summed E-state index contributed by atoms with van der Waals surface area (Å²) in [6, 6.07) is 22.0. The Hall–Kier alpha value is -3.49. The van der Waals surface area contributed by atoms with Gasteiger partial charge in [0.1, 0.15) is 11.9 Å². The summed E-state index contributed by atoms with van der Waals surface area (Å²) >= 11 is 0. The molecular formula is C25H21FN2O2. The van der Waals surface area contributed by atoms with E-state index in [4.69, 9.17) is 0 Å². The van der Waals surface area contributed by atoms with Crippen LogP contribution in [-0.4, -0.2) is 34.6 Å². The van der Waals surface area contributed by atoms with Crippen LogP contribution in [0.3, 0.4) is 0 Å². The second-order valence-corrected chi connectivity index (χ2v) is 7.47. The third-order valence-electron chi connectivity index (χ3n) is 5.81. The number of aryl methyl sites for hydroxylation is 1. The third-order valence-corrected chi connectivity index (χ3v) is 5.81. The largest absolute Gasteiger partial charge is 0.394 e. The Kier molecular flexibility index (Phi) is 5.35. The fourth-order valence-corrected chi connectivity index (χ4v) is 4.31. The van der Waals surface area contributed by atoms with Crippen LogP contribution in [0.2, 0.25) is 0 Å². The minimum Gasteiger partial charge on any atom is -0.394 e. The number of likely N-dealkylation sites (tertiary alicyclic amines) is 1. The zero-order valence-electron chi connectivity index (χ0n) is 16.5. The molecule has 0 spiro atoms. The molecule has 0 radical (unpaired) electrons. The maximum Gasteiger partial charge on any atom is 0.255 e. The van der Waals surface area contributed by atoms with Gasteiger partial charge in [-0.3, -0.25) is 4.79 Å². The lowest BCUT2D eigenvalue weighted by Gasteiger charge is -2.52. The molecule has 150 valence electrons. The van der Waals surface area contributed by atoms with Gasteiger partial charge >= 0.3 is 0 Å². The molecule has 4 rings (SSSR count). The number of carbonyl (C=O) groups excluding carboxylic acids is 1. The first-order valence-electron chi connectivity index (χ1n) is 9.80. The number of nitrogens with zero attached hydrogens (tertiary/aromatic N) is 2. The van der Waals surface area contributed by atoms with Crippen LogP contribution in [0.1, 0.15) is 27.4 Å². The van der Waals surface area contributed by atoms with Gasteiger partial charge in [0.15, 0.2) is 0 Å². The lowest BCUT2D eigenvalue weighted by Crippen LogP contribution is -2.65.